The van der Waals surface area contributed by atoms with Crippen LogP contribution in [0.15, 0.2) is 96.6 Å². The number of rotatable bonds is 11. The van der Waals surface area contributed by atoms with Crippen LogP contribution in [0.2, 0.25) is 0 Å². The number of benzene rings is 4. The molecular weight excluding hydrogens is 560 g/mol. The number of nitro groups is 1. The van der Waals surface area contributed by atoms with Crippen LogP contribution in [-0.2, 0) is 13.0 Å². The predicted molar refractivity (Wildman–Crippen MR) is 188 cm³/mol. The molecular formula is C39H48N2O4. The number of nitrogens with one attached hydrogen (secondary N) is 1. The Bertz CT molecular complexity index is 1570. The molecule has 0 radical (unpaired) electrons. The van der Waals surface area contributed by atoms with Crippen LogP contribution in [0.4, 0.5) is 5.69 Å². The van der Waals surface area contributed by atoms with E-state index < -0.39 is 5.97 Å². The van der Waals surface area contributed by atoms with Crippen molar-refractivity contribution < 1.29 is 14.8 Å². The highest BCUT2D eigenvalue weighted by molar-refractivity contribution is 5.96. The minimum Gasteiger partial charge on any atom is -0.478 e. The lowest BCUT2D eigenvalue weighted by atomic mass is 9.92. The summed E-state index contributed by atoms with van der Waals surface area (Å²) in [4.78, 5) is 22.1. The summed E-state index contributed by atoms with van der Waals surface area (Å²) in [5.41, 5.74) is 10.5. The van der Waals surface area contributed by atoms with Gasteiger partial charge in [-0.25, -0.2) is 4.79 Å². The summed E-state index contributed by atoms with van der Waals surface area (Å²) >= 11 is 0. The Morgan fingerprint density at radius 2 is 1.44 bits per heavy atom. The van der Waals surface area contributed by atoms with E-state index in [4.69, 9.17) is 0 Å². The van der Waals surface area contributed by atoms with Gasteiger partial charge in [0.15, 0.2) is 0 Å². The average molecular weight is 609 g/mol. The molecule has 4 aromatic rings. The van der Waals surface area contributed by atoms with Gasteiger partial charge < -0.3 is 10.4 Å². The van der Waals surface area contributed by atoms with Crippen molar-refractivity contribution in [3.8, 4) is 11.1 Å². The van der Waals surface area contributed by atoms with E-state index >= 15 is 0 Å². The van der Waals surface area contributed by atoms with E-state index in [0.717, 1.165) is 29.5 Å². The third kappa shape index (κ3) is 10.3. The fourth-order valence-corrected chi connectivity index (χ4v) is 4.98. The van der Waals surface area contributed by atoms with Gasteiger partial charge in [-0.05, 0) is 97.2 Å². The summed E-state index contributed by atoms with van der Waals surface area (Å²) < 4.78 is 0. The van der Waals surface area contributed by atoms with Crippen LogP contribution in [0.1, 0.15) is 99.1 Å². The van der Waals surface area contributed by atoms with Crippen molar-refractivity contribution in [2.45, 2.75) is 80.8 Å². The van der Waals surface area contributed by atoms with E-state index in [1.807, 2.05) is 52.0 Å². The van der Waals surface area contributed by atoms with Crippen LogP contribution < -0.4 is 5.32 Å². The maximum Gasteiger partial charge on any atom is 0.336 e. The lowest BCUT2D eigenvalue weighted by molar-refractivity contribution is -0.384. The Kier molecular flexibility index (Phi) is 14.9. The van der Waals surface area contributed by atoms with Gasteiger partial charge in [0.25, 0.3) is 5.69 Å². The molecule has 238 valence electrons. The van der Waals surface area contributed by atoms with Gasteiger partial charge in [0.2, 0.25) is 0 Å². The highest BCUT2D eigenvalue weighted by Crippen LogP contribution is 2.28. The molecule has 0 bridgehead atoms. The van der Waals surface area contributed by atoms with E-state index in [9.17, 15) is 20.0 Å². The van der Waals surface area contributed by atoms with Crippen LogP contribution in [0.25, 0.3) is 16.7 Å². The zero-order chi connectivity index (χ0) is 33.5. The summed E-state index contributed by atoms with van der Waals surface area (Å²) in [5.74, 6) is -0.921. The molecule has 0 saturated carbocycles. The monoisotopic (exact) mass is 608 g/mol. The Morgan fingerprint density at radius 3 is 2.04 bits per heavy atom. The number of nitrogens with zero attached hydrogens (tertiary/aromatic N) is 1. The summed E-state index contributed by atoms with van der Waals surface area (Å²) in [6.45, 7) is 17.3. The van der Waals surface area contributed by atoms with Crippen LogP contribution in [0.3, 0.4) is 0 Å². The van der Waals surface area contributed by atoms with Gasteiger partial charge >= 0.3 is 5.97 Å². The van der Waals surface area contributed by atoms with E-state index in [2.05, 4.69) is 63.3 Å². The average Bonchev–Trinajstić information content (AvgIpc) is 3.08. The molecule has 2 N–H and O–H groups in total. The summed E-state index contributed by atoms with van der Waals surface area (Å²) in [7, 11) is 0. The number of carboxylic acid groups (broad SMARTS) is 1. The highest BCUT2D eigenvalue weighted by atomic mass is 16.6. The van der Waals surface area contributed by atoms with Crippen molar-refractivity contribution in [1.29, 1.82) is 0 Å². The minimum absolute atomic E-state index is 0.0583. The third-order valence-electron chi connectivity index (χ3n) is 7.77. The quantitative estimate of drug-likeness (QED) is 0.130. The Labute approximate surface area is 269 Å². The molecule has 4 rings (SSSR count). The van der Waals surface area contributed by atoms with Crippen molar-refractivity contribution in [2.75, 3.05) is 0 Å². The fourth-order valence-electron chi connectivity index (χ4n) is 4.98. The number of aromatic carboxylic acids is 1. The van der Waals surface area contributed by atoms with Gasteiger partial charge in [0, 0.05) is 24.7 Å². The fraction of sp³-hybridized carbons (Fsp3) is 0.308. The van der Waals surface area contributed by atoms with Crippen molar-refractivity contribution in [3.05, 3.63) is 140 Å². The number of nitro benzene ring substituents is 1. The molecule has 0 saturated heterocycles. The zero-order valence-corrected chi connectivity index (χ0v) is 28.0. The molecule has 6 nitrogen and oxygen atoms in total. The number of allylic oxidation sites excluding steroid dienone is 2. The highest BCUT2D eigenvalue weighted by Gasteiger charge is 2.12. The molecule has 0 fully saturated rings. The molecule has 4 aromatic carbocycles. The topological polar surface area (TPSA) is 92.5 Å². The molecule has 0 aromatic heterocycles. The Balaban J connectivity index is 0.00000169. The van der Waals surface area contributed by atoms with E-state index in [1.54, 1.807) is 36.4 Å². The predicted octanol–water partition coefficient (Wildman–Crippen LogP) is 10.6. The lowest BCUT2D eigenvalue weighted by Crippen LogP contribution is -2.18. The van der Waals surface area contributed by atoms with Crippen LogP contribution in [0.5, 0.6) is 0 Å². The first kappa shape index (κ1) is 36.6. The van der Waals surface area contributed by atoms with Gasteiger partial charge in [0.05, 0.1) is 10.5 Å². The van der Waals surface area contributed by atoms with E-state index in [-0.39, 0.29) is 16.7 Å². The van der Waals surface area contributed by atoms with Crippen LogP contribution in [0, 0.1) is 17.0 Å². The number of carbonyl (C=O) groups is 1. The van der Waals surface area contributed by atoms with Crippen LogP contribution in [-0.4, -0.2) is 16.0 Å². The van der Waals surface area contributed by atoms with Gasteiger partial charge in [-0.1, -0.05) is 100.0 Å². The number of hydrogen-bond donors (Lipinski definition) is 2. The van der Waals surface area contributed by atoms with E-state index in [1.165, 1.54) is 33.4 Å². The second kappa shape index (κ2) is 18.3. The molecule has 0 heterocycles. The van der Waals surface area contributed by atoms with Crippen molar-refractivity contribution in [3.63, 3.8) is 0 Å². The first-order valence-electron chi connectivity index (χ1n) is 15.8. The lowest BCUT2D eigenvalue weighted by Gasteiger charge is -2.17. The number of carboxylic acids is 1. The summed E-state index contributed by atoms with van der Waals surface area (Å²) in [6.07, 6.45) is 1.83. The third-order valence-corrected chi connectivity index (χ3v) is 7.77. The summed E-state index contributed by atoms with van der Waals surface area (Å²) in [6, 6.07) is 28.5. The molecule has 1 atom stereocenters. The smallest absolute Gasteiger partial charge is 0.336 e. The second-order valence-corrected chi connectivity index (χ2v) is 10.6. The maximum atomic E-state index is 11.6. The van der Waals surface area contributed by atoms with Crippen molar-refractivity contribution >= 4 is 17.2 Å². The van der Waals surface area contributed by atoms with Gasteiger partial charge in [-0.3, -0.25) is 10.1 Å². The normalized spacial score (nSPS) is 11.6. The van der Waals surface area contributed by atoms with Crippen LogP contribution >= 0.6 is 0 Å². The molecule has 0 amide bonds. The Morgan fingerprint density at radius 1 is 0.844 bits per heavy atom. The largest absolute Gasteiger partial charge is 0.478 e. The van der Waals surface area contributed by atoms with Gasteiger partial charge in [-0.2, -0.15) is 0 Å². The molecule has 0 aliphatic carbocycles. The zero-order valence-electron chi connectivity index (χ0n) is 28.0. The Hall–Kier alpha value is -4.55. The van der Waals surface area contributed by atoms with Gasteiger partial charge in [0.1, 0.15) is 0 Å². The molecule has 0 unspecified atom stereocenters. The first-order valence-corrected chi connectivity index (χ1v) is 15.8. The first-order chi connectivity index (χ1) is 21.6. The molecule has 6 heteroatoms. The number of hydrogen-bond acceptors (Lipinski definition) is 4. The molecule has 0 spiro atoms. The SMILES string of the molecule is C/C(CCc1ccc(-c2ccccc2C(=O)O)cc1)=C(\C)c1cc(CN[C@@H](C)c2ccc([N+](=O)[O-])cc2)ccc1C.CC.CC. The van der Waals surface area contributed by atoms with Crippen molar-refractivity contribution in [1.82, 2.24) is 5.32 Å². The maximum absolute atomic E-state index is 11.6. The standard InChI is InChI=1S/C35H36N2O4.2C2H6/c1-23(9-11-27-13-15-30(16-14-27)32-7-5-6-8-33(32)35(38)39)25(3)34-21-28(12-10-24(34)2)22-36-26(4)29-17-19-31(20-18-29)37(40)41;2*1-2/h5-8,10,12-21,26,36H,9,11,22H2,1-4H3,(H,38,39);2*1-2H3/b25-23-;;/t26-;;/m0../s1. The molecule has 0 aliphatic heterocycles. The van der Waals surface area contributed by atoms with Gasteiger partial charge in [-0.15, -0.1) is 0 Å². The second-order valence-electron chi connectivity index (χ2n) is 10.6. The minimum atomic E-state index is -0.921. The number of non-ortho nitro benzene ring substituents is 1. The molecule has 45 heavy (non-hydrogen) atoms. The van der Waals surface area contributed by atoms with E-state index in [0.29, 0.717) is 12.1 Å². The van der Waals surface area contributed by atoms with Crippen molar-refractivity contribution in [2.24, 2.45) is 0 Å². The summed E-state index contributed by atoms with van der Waals surface area (Å²) in [5, 5.41) is 24.0. The number of aryl methyl sites for hydroxylation is 2. The molecule has 0 aliphatic rings.